The summed E-state index contributed by atoms with van der Waals surface area (Å²) in [7, 11) is 8.01. The molecule has 2 aromatic rings. The number of carbonyl (C=O) groups is 1. The molecule has 1 aromatic heterocycles. The van der Waals surface area contributed by atoms with E-state index in [1.807, 2.05) is 57.5 Å². The van der Waals surface area contributed by atoms with Crippen molar-refractivity contribution < 1.29 is 14.3 Å². The highest BCUT2D eigenvalue weighted by atomic mass is 16.6. The van der Waals surface area contributed by atoms with E-state index in [1.54, 1.807) is 0 Å². The highest BCUT2D eigenvalue weighted by molar-refractivity contribution is 5.91. The van der Waals surface area contributed by atoms with Gasteiger partial charge in [-0.15, -0.1) is 0 Å². The standard InChI is InChI=1S/C18H27N3O3/c1-20(2)9-8-14-12-19-15-6-5-7-16(18(14)15)24-17(22)13-23-11-10-21(3)4/h5-7,12,19H,8-11,13H2,1-4H3. The lowest BCUT2D eigenvalue weighted by molar-refractivity contribution is -0.139. The second-order valence-electron chi connectivity index (χ2n) is 6.38. The molecule has 0 saturated heterocycles. The fraction of sp³-hybridized carbons (Fsp3) is 0.500. The van der Waals surface area contributed by atoms with Gasteiger partial charge in [0.05, 0.1) is 6.61 Å². The second kappa shape index (κ2) is 8.82. The Kier molecular flexibility index (Phi) is 6.78. The number of ether oxygens (including phenoxy) is 2. The molecule has 0 bridgehead atoms. The van der Waals surface area contributed by atoms with E-state index in [2.05, 4.69) is 9.88 Å². The summed E-state index contributed by atoms with van der Waals surface area (Å²) < 4.78 is 10.9. The molecule has 0 aliphatic carbocycles. The molecule has 0 amide bonds. The summed E-state index contributed by atoms with van der Waals surface area (Å²) in [6.07, 6.45) is 2.87. The van der Waals surface area contributed by atoms with Gasteiger partial charge in [0.2, 0.25) is 0 Å². The van der Waals surface area contributed by atoms with Crippen LogP contribution < -0.4 is 4.74 Å². The third-order valence-electron chi connectivity index (χ3n) is 3.70. The first-order chi connectivity index (χ1) is 11.5. The van der Waals surface area contributed by atoms with E-state index in [-0.39, 0.29) is 12.6 Å². The number of H-pyrrole nitrogens is 1. The topological polar surface area (TPSA) is 57.8 Å². The molecule has 1 N–H and O–H groups in total. The average molecular weight is 333 g/mol. The molecule has 0 atom stereocenters. The molecule has 0 radical (unpaired) electrons. The van der Waals surface area contributed by atoms with Crippen LogP contribution in [0.4, 0.5) is 0 Å². The molecule has 0 fully saturated rings. The Bertz CT molecular complexity index is 665. The number of fused-ring (bicyclic) bond motifs is 1. The highest BCUT2D eigenvalue weighted by Gasteiger charge is 2.13. The zero-order chi connectivity index (χ0) is 17.5. The van der Waals surface area contributed by atoms with Gasteiger partial charge < -0.3 is 24.3 Å². The quantitative estimate of drug-likeness (QED) is 0.430. The molecular weight excluding hydrogens is 306 g/mol. The van der Waals surface area contributed by atoms with E-state index in [1.165, 1.54) is 0 Å². The minimum Gasteiger partial charge on any atom is -0.424 e. The van der Waals surface area contributed by atoms with Crippen LogP contribution >= 0.6 is 0 Å². The van der Waals surface area contributed by atoms with Crippen molar-refractivity contribution in [2.45, 2.75) is 6.42 Å². The number of nitrogens with one attached hydrogen (secondary N) is 1. The van der Waals surface area contributed by atoms with Gasteiger partial charge in [-0.1, -0.05) is 6.07 Å². The Balaban J connectivity index is 2.02. The molecule has 2 rings (SSSR count). The second-order valence-corrected chi connectivity index (χ2v) is 6.38. The number of hydrogen-bond donors (Lipinski definition) is 1. The van der Waals surface area contributed by atoms with E-state index in [0.717, 1.165) is 36.0 Å². The Morgan fingerprint density at radius 2 is 1.88 bits per heavy atom. The number of esters is 1. The summed E-state index contributed by atoms with van der Waals surface area (Å²) in [5, 5.41) is 0.973. The van der Waals surface area contributed by atoms with Gasteiger partial charge in [0, 0.05) is 30.2 Å². The van der Waals surface area contributed by atoms with E-state index in [9.17, 15) is 4.79 Å². The zero-order valence-electron chi connectivity index (χ0n) is 15.0. The fourth-order valence-corrected chi connectivity index (χ4v) is 2.40. The van der Waals surface area contributed by atoms with Crippen LogP contribution in [-0.4, -0.2) is 75.2 Å². The van der Waals surface area contributed by atoms with Gasteiger partial charge in [0.1, 0.15) is 12.4 Å². The number of aromatic amines is 1. The number of likely N-dealkylation sites (N-methyl/N-ethyl adjacent to an activating group) is 2. The first kappa shape index (κ1) is 18.4. The van der Waals surface area contributed by atoms with Gasteiger partial charge in [0.15, 0.2) is 0 Å². The highest BCUT2D eigenvalue weighted by Crippen LogP contribution is 2.29. The van der Waals surface area contributed by atoms with E-state index in [0.29, 0.717) is 12.4 Å². The Morgan fingerprint density at radius 1 is 1.12 bits per heavy atom. The minimum atomic E-state index is -0.374. The Hall–Kier alpha value is -1.89. The molecule has 1 aromatic carbocycles. The number of hydrogen-bond acceptors (Lipinski definition) is 5. The van der Waals surface area contributed by atoms with Crippen molar-refractivity contribution in [3.05, 3.63) is 30.0 Å². The molecule has 132 valence electrons. The normalized spacial score (nSPS) is 11.6. The van der Waals surface area contributed by atoms with Crippen molar-refractivity contribution in [2.24, 2.45) is 0 Å². The first-order valence-electron chi connectivity index (χ1n) is 8.14. The van der Waals surface area contributed by atoms with Crippen LogP contribution in [-0.2, 0) is 16.0 Å². The lowest BCUT2D eigenvalue weighted by atomic mass is 10.1. The lowest BCUT2D eigenvalue weighted by Gasteiger charge is -2.11. The summed E-state index contributed by atoms with van der Waals surface area (Å²) in [6.45, 7) is 2.17. The van der Waals surface area contributed by atoms with E-state index >= 15 is 0 Å². The smallest absolute Gasteiger partial charge is 0.337 e. The summed E-state index contributed by atoms with van der Waals surface area (Å²) in [6, 6.07) is 5.69. The number of carbonyl (C=O) groups excluding carboxylic acids is 1. The first-order valence-corrected chi connectivity index (χ1v) is 8.14. The third kappa shape index (κ3) is 5.33. The molecule has 1 heterocycles. The Labute approximate surface area is 143 Å². The Morgan fingerprint density at radius 3 is 2.58 bits per heavy atom. The molecule has 6 nitrogen and oxygen atoms in total. The van der Waals surface area contributed by atoms with Crippen LogP contribution in [0.2, 0.25) is 0 Å². The third-order valence-corrected chi connectivity index (χ3v) is 3.70. The largest absolute Gasteiger partial charge is 0.424 e. The molecule has 0 aliphatic rings. The SMILES string of the molecule is CN(C)CCOCC(=O)Oc1cccc2[nH]cc(CCN(C)C)c12. The predicted molar refractivity (Wildman–Crippen MR) is 95.6 cm³/mol. The van der Waals surface area contributed by atoms with Gasteiger partial charge in [-0.2, -0.15) is 0 Å². The van der Waals surface area contributed by atoms with Crippen LogP contribution in [0.3, 0.4) is 0 Å². The lowest BCUT2D eigenvalue weighted by Crippen LogP contribution is -2.22. The van der Waals surface area contributed by atoms with Crippen molar-refractivity contribution >= 4 is 16.9 Å². The van der Waals surface area contributed by atoms with Gasteiger partial charge in [-0.25, -0.2) is 4.79 Å². The molecule has 0 saturated carbocycles. The maximum absolute atomic E-state index is 12.0. The summed E-state index contributed by atoms with van der Waals surface area (Å²) >= 11 is 0. The van der Waals surface area contributed by atoms with Crippen molar-refractivity contribution in [1.82, 2.24) is 14.8 Å². The van der Waals surface area contributed by atoms with Crippen LogP contribution in [0.5, 0.6) is 5.75 Å². The van der Waals surface area contributed by atoms with Crippen molar-refractivity contribution in [2.75, 3.05) is 54.5 Å². The molecule has 0 aliphatic heterocycles. The average Bonchev–Trinajstić information content (AvgIpc) is 2.93. The van der Waals surface area contributed by atoms with Crippen molar-refractivity contribution in [3.63, 3.8) is 0 Å². The molecule has 24 heavy (non-hydrogen) atoms. The summed E-state index contributed by atoms with van der Waals surface area (Å²) in [5.74, 6) is 0.213. The zero-order valence-corrected chi connectivity index (χ0v) is 15.0. The number of benzene rings is 1. The maximum Gasteiger partial charge on any atom is 0.337 e. The van der Waals surface area contributed by atoms with E-state index in [4.69, 9.17) is 9.47 Å². The predicted octanol–water partition coefficient (Wildman–Crippen LogP) is 1.76. The number of aromatic nitrogens is 1. The van der Waals surface area contributed by atoms with Crippen LogP contribution in [0.1, 0.15) is 5.56 Å². The van der Waals surface area contributed by atoms with Gasteiger partial charge in [-0.3, -0.25) is 0 Å². The minimum absolute atomic E-state index is 0.0400. The van der Waals surface area contributed by atoms with Crippen molar-refractivity contribution in [1.29, 1.82) is 0 Å². The van der Waals surface area contributed by atoms with E-state index < -0.39 is 0 Å². The fourth-order valence-electron chi connectivity index (χ4n) is 2.40. The van der Waals surface area contributed by atoms with Crippen LogP contribution in [0.25, 0.3) is 10.9 Å². The number of rotatable bonds is 9. The van der Waals surface area contributed by atoms with Crippen molar-refractivity contribution in [3.8, 4) is 5.75 Å². The molecule has 0 unspecified atom stereocenters. The van der Waals surface area contributed by atoms with Gasteiger partial charge >= 0.3 is 5.97 Å². The molecule has 6 heteroatoms. The van der Waals surface area contributed by atoms with Crippen LogP contribution in [0, 0.1) is 0 Å². The summed E-state index contributed by atoms with van der Waals surface area (Å²) in [5.41, 5.74) is 2.12. The molecular formula is C18H27N3O3. The maximum atomic E-state index is 12.0. The summed E-state index contributed by atoms with van der Waals surface area (Å²) in [4.78, 5) is 19.4. The van der Waals surface area contributed by atoms with Crippen LogP contribution in [0.15, 0.2) is 24.4 Å². The van der Waals surface area contributed by atoms with Gasteiger partial charge in [0.25, 0.3) is 0 Å². The monoisotopic (exact) mass is 333 g/mol. The molecule has 0 spiro atoms. The van der Waals surface area contributed by atoms with Gasteiger partial charge in [-0.05, 0) is 52.3 Å². The number of nitrogens with zero attached hydrogens (tertiary/aromatic N) is 2.